The fourth-order valence-corrected chi connectivity index (χ4v) is 2.50. The van der Waals surface area contributed by atoms with Crippen molar-refractivity contribution in [2.75, 3.05) is 7.11 Å². The van der Waals surface area contributed by atoms with Crippen molar-refractivity contribution in [1.29, 1.82) is 0 Å². The highest BCUT2D eigenvalue weighted by Gasteiger charge is 2.02. The van der Waals surface area contributed by atoms with Crippen LogP contribution in [0.15, 0.2) is 53.4 Å². The predicted molar refractivity (Wildman–Crippen MR) is 76.0 cm³/mol. The van der Waals surface area contributed by atoms with Gasteiger partial charge >= 0.3 is 5.97 Å². The fourth-order valence-electron chi connectivity index (χ4n) is 1.60. The van der Waals surface area contributed by atoms with Crippen LogP contribution in [0.5, 0.6) is 5.75 Å². The molecule has 3 nitrogen and oxygen atoms in total. The Hall–Kier alpha value is -1.94. The number of hydrogen-bond donors (Lipinski definition) is 1. The number of benzene rings is 2. The normalized spacial score (nSPS) is 10.2. The lowest BCUT2D eigenvalue weighted by Gasteiger charge is -2.05. The van der Waals surface area contributed by atoms with Crippen LogP contribution < -0.4 is 4.74 Å². The van der Waals surface area contributed by atoms with Crippen LogP contribution in [-0.2, 0) is 5.75 Å². The summed E-state index contributed by atoms with van der Waals surface area (Å²) < 4.78 is 5.17. The van der Waals surface area contributed by atoms with Gasteiger partial charge in [-0.3, -0.25) is 0 Å². The first-order valence-corrected chi connectivity index (χ1v) is 6.76. The van der Waals surface area contributed by atoms with E-state index >= 15 is 0 Å². The van der Waals surface area contributed by atoms with Gasteiger partial charge in [0.1, 0.15) is 5.75 Å². The molecule has 1 N–H and O–H groups in total. The van der Waals surface area contributed by atoms with E-state index in [9.17, 15) is 4.79 Å². The molecule has 2 aromatic carbocycles. The lowest BCUT2D eigenvalue weighted by molar-refractivity contribution is 0.0697. The van der Waals surface area contributed by atoms with E-state index in [0.29, 0.717) is 5.56 Å². The van der Waals surface area contributed by atoms with E-state index in [-0.39, 0.29) is 0 Å². The highest BCUT2D eigenvalue weighted by molar-refractivity contribution is 7.98. The van der Waals surface area contributed by atoms with Crippen LogP contribution in [0.4, 0.5) is 0 Å². The summed E-state index contributed by atoms with van der Waals surface area (Å²) in [5.74, 6) is 0.741. The molecule has 0 amide bonds. The Labute approximate surface area is 116 Å². The van der Waals surface area contributed by atoms with Gasteiger partial charge in [-0.1, -0.05) is 18.2 Å². The highest BCUT2D eigenvalue weighted by Crippen LogP contribution is 2.26. The lowest BCUT2D eigenvalue weighted by Crippen LogP contribution is -1.95. The quantitative estimate of drug-likeness (QED) is 0.845. The smallest absolute Gasteiger partial charge is 0.335 e. The van der Waals surface area contributed by atoms with Crippen LogP contribution in [0, 0.1) is 0 Å². The topological polar surface area (TPSA) is 46.5 Å². The molecule has 2 rings (SSSR count). The van der Waals surface area contributed by atoms with Gasteiger partial charge < -0.3 is 9.84 Å². The second-order valence-electron chi connectivity index (χ2n) is 3.97. The molecule has 0 aromatic heterocycles. The molecule has 98 valence electrons. The maximum absolute atomic E-state index is 10.7. The van der Waals surface area contributed by atoms with E-state index < -0.39 is 5.97 Å². The van der Waals surface area contributed by atoms with Gasteiger partial charge in [-0.15, -0.1) is 11.8 Å². The number of rotatable bonds is 5. The number of carboxylic acids is 1. The molecule has 0 unspecified atom stereocenters. The number of carboxylic acid groups (broad SMARTS) is 1. The number of ether oxygens (including phenoxy) is 1. The first kappa shape index (κ1) is 13.5. The van der Waals surface area contributed by atoms with Crippen molar-refractivity contribution >= 4 is 17.7 Å². The molecule has 19 heavy (non-hydrogen) atoms. The van der Waals surface area contributed by atoms with Gasteiger partial charge in [0.2, 0.25) is 0 Å². The number of carbonyl (C=O) groups is 1. The maximum Gasteiger partial charge on any atom is 0.335 e. The Bertz CT molecular complexity index is 564. The molecular formula is C15H14O3S. The second-order valence-corrected chi connectivity index (χ2v) is 5.02. The summed E-state index contributed by atoms with van der Waals surface area (Å²) in [6.07, 6.45) is 0. The molecular weight excluding hydrogens is 260 g/mol. The Balaban J connectivity index is 1.99. The second kappa shape index (κ2) is 6.29. The van der Waals surface area contributed by atoms with Gasteiger partial charge in [-0.25, -0.2) is 4.79 Å². The van der Waals surface area contributed by atoms with Crippen LogP contribution in [0.25, 0.3) is 0 Å². The van der Waals surface area contributed by atoms with Gasteiger partial charge in [0.15, 0.2) is 0 Å². The summed E-state index contributed by atoms with van der Waals surface area (Å²) >= 11 is 1.69. The van der Waals surface area contributed by atoms with Crippen LogP contribution in [0.3, 0.4) is 0 Å². The minimum absolute atomic E-state index is 0.315. The number of thioether (sulfide) groups is 1. The monoisotopic (exact) mass is 274 g/mol. The third kappa shape index (κ3) is 3.76. The molecule has 0 saturated carbocycles. The van der Waals surface area contributed by atoms with Crippen molar-refractivity contribution < 1.29 is 14.6 Å². The first-order chi connectivity index (χ1) is 9.19. The van der Waals surface area contributed by atoms with Crippen LogP contribution in [0.1, 0.15) is 15.9 Å². The van der Waals surface area contributed by atoms with Crippen molar-refractivity contribution in [2.24, 2.45) is 0 Å². The molecule has 0 bridgehead atoms. The third-order valence-corrected chi connectivity index (χ3v) is 3.71. The van der Waals surface area contributed by atoms with Gasteiger partial charge in [0.05, 0.1) is 12.7 Å². The predicted octanol–water partition coefficient (Wildman–Crippen LogP) is 3.69. The number of hydrogen-bond acceptors (Lipinski definition) is 3. The summed E-state index contributed by atoms with van der Waals surface area (Å²) in [6, 6.07) is 14.8. The molecule has 0 spiro atoms. The largest absolute Gasteiger partial charge is 0.497 e. The zero-order valence-corrected chi connectivity index (χ0v) is 11.3. The first-order valence-electron chi connectivity index (χ1n) is 5.78. The molecule has 0 heterocycles. The Kier molecular flexibility index (Phi) is 4.47. The lowest BCUT2D eigenvalue weighted by atomic mass is 10.1. The molecule has 4 heteroatoms. The van der Waals surface area contributed by atoms with Crippen molar-refractivity contribution in [3.8, 4) is 5.75 Å². The summed E-state index contributed by atoms with van der Waals surface area (Å²) in [7, 11) is 1.65. The van der Waals surface area contributed by atoms with Gasteiger partial charge in [-0.2, -0.15) is 0 Å². The minimum atomic E-state index is -0.896. The van der Waals surface area contributed by atoms with Crippen molar-refractivity contribution in [3.05, 3.63) is 59.7 Å². The number of methoxy groups -OCH3 is 1. The zero-order chi connectivity index (χ0) is 13.7. The van der Waals surface area contributed by atoms with E-state index in [1.807, 2.05) is 36.4 Å². The van der Waals surface area contributed by atoms with Crippen LogP contribution in [0.2, 0.25) is 0 Å². The summed E-state index contributed by atoms with van der Waals surface area (Å²) in [5, 5.41) is 8.82. The van der Waals surface area contributed by atoms with Crippen molar-refractivity contribution in [2.45, 2.75) is 10.6 Å². The number of aromatic carboxylic acids is 1. The van der Waals surface area contributed by atoms with Gasteiger partial charge in [0, 0.05) is 10.6 Å². The van der Waals surface area contributed by atoms with Crippen LogP contribution in [-0.4, -0.2) is 18.2 Å². The minimum Gasteiger partial charge on any atom is -0.497 e. The van der Waals surface area contributed by atoms with Crippen molar-refractivity contribution in [1.82, 2.24) is 0 Å². The van der Waals surface area contributed by atoms with E-state index in [0.717, 1.165) is 22.0 Å². The highest BCUT2D eigenvalue weighted by atomic mass is 32.2. The standard InChI is InChI=1S/C15H14O3S/c1-18-13-3-2-4-14(9-13)19-10-11-5-7-12(8-6-11)15(16)17/h2-9H,10H2,1H3,(H,16,17). The Morgan fingerprint density at radius 1 is 1.21 bits per heavy atom. The average molecular weight is 274 g/mol. The summed E-state index contributed by atoms with van der Waals surface area (Å²) in [4.78, 5) is 11.9. The molecule has 0 aliphatic carbocycles. The van der Waals surface area contributed by atoms with E-state index in [2.05, 4.69) is 0 Å². The van der Waals surface area contributed by atoms with Gasteiger partial charge in [-0.05, 0) is 35.9 Å². The fraction of sp³-hybridized carbons (Fsp3) is 0.133. The molecule has 2 aromatic rings. The van der Waals surface area contributed by atoms with Crippen LogP contribution >= 0.6 is 11.8 Å². The summed E-state index contributed by atoms with van der Waals surface area (Å²) in [5.41, 5.74) is 1.41. The Morgan fingerprint density at radius 2 is 1.95 bits per heavy atom. The third-order valence-electron chi connectivity index (χ3n) is 2.65. The molecule has 0 saturated heterocycles. The average Bonchev–Trinajstić information content (AvgIpc) is 2.46. The zero-order valence-electron chi connectivity index (χ0n) is 10.5. The maximum atomic E-state index is 10.7. The van der Waals surface area contributed by atoms with Crippen molar-refractivity contribution in [3.63, 3.8) is 0 Å². The molecule has 0 aliphatic rings. The molecule has 0 fully saturated rings. The summed E-state index contributed by atoms with van der Waals surface area (Å²) in [6.45, 7) is 0. The molecule has 0 atom stereocenters. The van der Waals surface area contributed by atoms with Gasteiger partial charge in [0.25, 0.3) is 0 Å². The molecule has 0 aliphatic heterocycles. The molecule has 0 radical (unpaired) electrons. The van der Waals surface area contributed by atoms with E-state index in [1.54, 1.807) is 31.0 Å². The Morgan fingerprint density at radius 3 is 2.58 bits per heavy atom. The van der Waals surface area contributed by atoms with E-state index in [1.165, 1.54) is 0 Å². The SMILES string of the molecule is COc1cccc(SCc2ccc(C(=O)O)cc2)c1. The van der Waals surface area contributed by atoms with E-state index in [4.69, 9.17) is 9.84 Å².